The molecule has 5 nitrogen and oxygen atoms in total. The average Bonchev–Trinajstić information content (AvgIpc) is 3.08. The molecule has 3 aromatic rings. The number of carbonyl (C=O) groups excluding carboxylic acids is 1. The van der Waals surface area contributed by atoms with E-state index in [-0.39, 0.29) is 29.9 Å². The predicted molar refractivity (Wildman–Crippen MR) is 112 cm³/mol. The van der Waals surface area contributed by atoms with Crippen LogP contribution in [0.2, 0.25) is 10.0 Å². The Morgan fingerprint density at radius 3 is 2.72 bits per heavy atom. The van der Waals surface area contributed by atoms with Crippen LogP contribution in [0.4, 0.5) is 0 Å². The first-order valence-corrected chi connectivity index (χ1v) is 9.84. The van der Waals surface area contributed by atoms with E-state index in [4.69, 9.17) is 27.9 Å². The highest BCUT2D eigenvalue weighted by Crippen LogP contribution is 2.36. The maximum atomic E-state index is 12.5. The lowest BCUT2D eigenvalue weighted by Crippen LogP contribution is -2.31. The smallest absolute Gasteiger partial charge is 0.335 e. The summed E-state index contributed by atoms with van der Waals surface area (Å²) in [5.41, 5.74) is 2.38. The molecule has 0 bridgehead atoms. The third-order valence-electron chi connectivity index (χ3n) is 5.00. The molecule has 0 saturated carbocycles. The molecule has 1 atom stereocenters. The zero-order valence-electron chi connectivity index (χ0n) is 15.2. The summed E-state index contributed by atoms with van der Waals surface area (Å²) in [6.45, 7) is -0.254. The van der Waals surface area contributed by atoms with Gasteiger partial charge in [0.05, 0.1) is 16.6 Å². The molecule has 0 fully saturated rings. The molecule has 0 spiro atoms. The maximum Gasteiger partial charge on any atom is 0.335 e. The summed E-state index contributed by atoms with van der Waals surface area (Å²) >= 11 is 12.3. The summed E-state index contributed by atoms with van der Waals surface area (Å²) in [7, 11) is 0. The number of amides is 1. The van der Waals surface area contributed by atoms with Gasteiger partial charge in [0, 0.05) is 10.4 Å². The zero-order chi connectivity index (χ0) is 20.5. The summed E-state index contributed by atoms with van der Waals surface area (Å²) < 4.78 is 5.69. The Hall–Kier alpha value is -2.76. The number of halogens is 2. The van der Waals surface area contributed by atoms with Crippen LogP contribution in [0, 0.1) is 0 Å². The van der Waals surface area contributed by atoms with Crippen LogP contribution in [-0.2, 0) is 11.2 Å². The fourth-order valence-corrected chi connectivity index (χ4v) is 4.32. The minimum absolute atomic E-state index is 0.0240. The molecular weight excluding hydrogens is 413 g/mol. The van der Waals surface area contributed by atoms with Crippen molar-refractivity contribution in [1.82, 2.24) is 5.32 Å². The van der Waals surface area contributed by atoms with Gasteiger partial charge in [0.25, 0.3) is 5.91 Å². The highest BCUT2D eigenvalue weighted by molar-refractivity contribution is 6.39. The Morgan fingerprint density at radius 1 is 1.14 bits per heavy atom. The van der Waals surface area contributed by atoms with Crippen LogP contribution in [0.3, 0.4) is 0 Å². The van der Waals surface area contributed by atoms with E-state index >= 15 is 0 Å². The SMILES string of the molecule is O=C(COc1cc(C(=O)O)cc2cc(Cl)cc(Cl)c12)NC1CCc2ccccc21. The molecule has 1 unspecified atom stereocenters. The molecule has 0 aromatic heterocycles. The molecule has 0 aliphatic heterocycles. The van der Waals surface area contributed by atoms with Crippen LogP contribution < -0.4 is 10.1 Å². The van der Waals surface area contributed by atoms with Crippen molar-refractivity contribution >= 4 is 45.9 Å². The van der Waals surface area contributed by atoms with E-state index in [0.717, 1.165) is 18.4 Å². The summed E-state index contributed by atoms with van der Waals surface area (Å²) in [5, 5.41) is 14.1. The van der Waals surface area contributed by atoms with Crippen LogP contribution in [0.15, 0.2) is 48.5 Å². The van der Waals surface area contributed by atoms with Crippen molar-refractivity contribution in [1.29, 1.82) is 0 Å². The van der Waals surface area contributed by atoms with Crippen LogP contribution in [0.5, 0.6) is 5.75 Å². The molecule has 1 amide bonds. The Morgan fingerprint density at radius 2 is 1.93 bits per heavy atom. The second-order valence-electron chi connectivity index (χ2n) is 6.91. The second kappa shape index (κ2) is 7.93. The molecular formula is C22H17Cl2NO4. The largest absolute Gasteiger partial charge is 0.483 e. The van der Waals surface area contributed by atoms with Gasteiger partial charge in [-0.2, -0.15) is 0 Å². The lowest BCUT2D eigenvalue weighted by Gasteiger charge is -2.16. The number of nitrogens with one attached hydrogen (secondary N) is 1. The van der Waals surface area contributed by atoms with Crippen LogP contribution in [-0.4, -0.2) is 23.6 Å². The van der Waals surface area contributed by atoms with Gasteiger partial charge >= 0.3 is 5.97 Å². The number of rotatable bonds is 5. The van der Waals surface area contributed by atoms with Gasteiger partial charge in [0.2, 0.25) is 0 Å². The number of carboxylic acids is 1. The number of benzene rings is 3. The molecule has 4 rings (SSSR count). The van der Waals surface area contributed by atoms with Crippen molar-refractivity contribution < 1.29 is 19.4 Å². The molecule has 0 saturated heterocycles. The van der Waals surface area contributed by atoms with E-state index in [2.05, 4.69) is 11.4 Å². The Bertz CT molecular complexity index is 1130. The summed E-state index contributed by atoms with van der Waals surface area (Å²) in [6.07, 6.45) is 1.76. The van der Waals surface area contributed by atoms with Gasteiger partial charge in [0.15, 0.2) is 6.61 Å². The fourth-order valence-electron chi connectivity index (χ4n) is 3.71. The molecule has 148 valence electrons. The van der Waals surface area contributed by atoms with E-state index in [9.17, 15) is 14.7 Å². The molecule has 2 N–H and O–H groups in total. The van der Waals surface area contributed by atoms with Gasteiger partial charge in [-0.05, 0) is 53.6 Å². The van der Waals surface area contributed by atoms with Crippen molar-refractivity contribution in [2.24, 2.45) is 0 Å². The second-order valence-corrected chi connectivity index (χ2v) is 7.76. The molecule has 29 heavy (non-hydrogen) atoms. The van der Waals surface area contributed by atoms with Gasteiger partial charge in [0.1, 0.15) is 5.75 Å². The van der Waals surface area contributed by atoms with Gasteiger partial charge in [-0.1, -0.05) is 47.5 Å². The fraction of sp³-hybridized carbons (Fsp3) is 0.182. The standard InChI is InChI=1S/C22H17Cl2NO4/c23-15-8-13-7-14(22(27)28)9-19(21(13)17(24)10-15)29-11-20(26)25-18-6-5-12-3-1-2-4-16(12)18/h1-4,7-10,18H,5-6,11H2,(H,25,26)(H,27,28). The summed E-state index contributed by atoms with van der Waals surface area (Å²) in [5.74, 6) is -1.17. The Kier molecular flexibility index (Phi) is 5.35. The van der Waals surface area contributed by atoms with Gasteiger partial charge in [-0.25, -0.2) is 4.79 Å². The number of hydrogen-bond acceptors (Lipinski definition) is 3. The van der Waals surface area contributed by atoms with Crippen molar-refractivity contribution in [3.8, 4) is 5.75 Å². The summed E-state index contributed by atoms with van der Waals surface area (Å²) in [6, 6.07) is 14.0. The number of hydrogen-bond donors (Lipinski definition) is 2. The van der Waals surface area contributed by atoms with Crippen LogP contribution in [0.1, 0.15) is 33.9 Å². The maximum absolute atomic E-state index is 12.5. The van der Waals surface area contributed by atoms with Crippen LogP contribution in [0.25, 0.3) is 10.8 Å². The lowest BCUT2D eigenvalue weighted by molar-refractivity contribution is -0.123. The molecule has 7 heteroatoms. The predicted octanol–water partition coefficient (Wildman–Crippen LogP) is 5.03. The number of ether oxygens (including phenoxy) is 1. The molecule has 1 aliphatic rings. The molecule has 0 heterocycles. The van der Waals surface area contributed by atoms with E-state index < -0.39 is 5.97 Å². The van der Waals surface area contributed by atoms with Crippen LogP contribution >= 0.6 is 23.2 Å². The molecule has 0 radical (unpaired) electrons. The van der Waals surface area contributed by atoms with Gasteiger partial charge in [-0.15, -0.1) is 0 Å². The average molecular weight is 430 g/mol. The van der Waals surface area contributed by atoms with E-state index in [1.54, 1.807) is 12.1 Å². The van der Waals surface area contributed by atoms with Gasteiger partial charge in [-0.3, -0.25) is 4.79 Å². The number of aryl methyl sites for hydroxylation is 1. The topological polar surface area (TPSA) is 75.6 Å². The molecule has 3 aromatic carbocycles. The number of fused-ring (bicyclic) bond motifs is 2. The number of carbonyl (C=O) groups is 2. The van der Waals surface area contributed by atoms with Crippen molar-refractivity contribution in [2.75, 3.05) is 6.61 Å². The van der Waals surface area contributed by atoms with E-state index in [0.29, 0.717) is 20.8 Å². The third-order valence-corrected chi connectivity index (χ3v) is 5.52. The number of aromatic carboxylic acids is 1. The minimum Gasteiger partial charge on any atom is -0.483 e. The van der Waals surface area contributed by atoms with Crippen molar-refractivity contribution in [3.05, 3.63) is 75.3 Å². The highest BCUT2D eigenvalue weighted by atomic mass is 35.5. The first-order chi connectivity index (χ1) is 13.9. The highest BCUT2D eigenvalue weighted by Gasteiger charge is 2.23. The quantitative estimate of drug-likeness (QED) is 0.596. The Balaban J connectivity index is 1.55. The monoisotopic (exact) mass is 429 g/mol. The zero-order valence-corrected chi connectivity index (χ0v) is 16.8. The minimum atomic E-state index is -1.11. The van der Waals surface area contributed by atoms with E-state index in [1.807, 2.05) is 18.2 Å². The number of carboxylic acid groups (broad SMARTS) is 1. The van der Waals surface area contributed by atoms with Crippen molar-refractivity contribution in [3.63, 3.8) is 0 Å². The Labute approximate surface area is 177 Å². The molecule has 1 aliphatic carbocycles. The first-order valence-electron chi connectivity index (χ1n) is 9.08. The normalized spacial score (nSPS) is 15.2. The van der Waals surface area contributed by atoms with Crippen molar-refractivity contribution in [2.45, 2.75) is 18.9 Å². The summed E-state index contributed by atoms with van der Waals surface area (Å²) in [4.78, 5) is 23.9. The van der Waals surface area contributed by atoms with Gasteiger partial charge < -0.3 is 15.2 Å². The third kappa shape index (κ3) is 4.02. The lowest BCUT2D eigenvalue weighted by atomic mass is 10.1. The van der Waals surface area contributed by atoms with E-state index in [1.165, 1.54) is 17.7 Å². The first kappa shape index (κ1) is 19.6.